The van der Waals surface area contributed by atoms with Gasteiger partial charge in [0.1, 0.15) is 0 Å². The van der Waals surface area contributed by atoms with Crippen molar-refractivity contribution in [2.45, 2.75) is 13.8 Å². The number of rotatable bonds is 4. The molecule has 1 amide bonds. The van der Waals surface area contributed by atoms with Gasteiger partial charge in [0.2, 0.25) is 0 Å². The highest BCUT2D eigenvalue weighted by Gasteiger charge is 2.11. The van der Waals surface area contributed by atoms with Crippen molar-refractivity contribution in [3.63, 3.8) is 0 Å². The smallest absolute Gasteiger partial charge is 0.328 e. The SMILES string of the molecule is Cc1cc(C=CC(=O)O)c(C)n1-c1ccc(C(=O)N(C)C)cc1. The normalized spacial score (nSPS) is 11.0. The van der Waals surface area contributed by atoms with Crippen LogP contribution in [0, 0.1) is 13.8 Å². The second kappa shape index (κ2) is 6.52. The number of carbonyl (C=O) groups excluding carboxylic acids is 1. The third-order valence-electron chi connectivity index (χ3n) is 3.65. The van der Waals surface area contributed by atoms with Crippen LogP contribution in [-0.2, 0) is 4.79 Å². The van der Waals surface area contributed by atoms with Gasteiger partial charge in [-0.2, -0.15) is 0 Å². The Morgan fingerprint density at radius 2 is 1.74 bits per heavy atom. The van der Waals surface area contributed by atoms with E-state index in [-0.39, 0.29) is 5.91 Å². The summed E-state index contributed by atoms with van der Waals surface area (Å²) >= 11 is 0. The summed E-state index contributed by atoms with van der Waals surface area (Å²) in [4.78, 5) is 24.1. The van der Waals surface area contributed by atoms with Gasteiger partial charge in [-0.1, -0.05) is 0 Å². The van der Waals surface area contributed by atoms with E-state index in [0.717, 1.165) is 28.7 Å². The fourth-order valence-electron chi connectivity index (χ4n) is 2.53. The number of amides is 1. The van der Waals surface area contributed by atoms with E-state index in [1.54, 1.807) is 32.3 Å². The van der Waals surface area contributed by atoms with E-state index in [2.05, 4.69) is 0 Å². The first kappa shape index (κ1) is 16.5. The highest BCUT2D eigenvalue weighted by Crippen LogP contribution is 2.22. The van der Waals surface area contributed by atoms with Crippen molar-refractivity contribution in [2.75, 3.05) is 14.1 Å². The van der Waals surface area contributed by atoms with Gasteiger partial charge in [0.15, 0.2) is 0 Å². The first-order valence-corrected chi connectivity index (χ1v) is 7.23. The summed E-state index contributed by atoms with van der Waals surface area (Å²) in [5.74, 6) is -1.01. The van der Waals surface area contributed by atoms with Gasteiger partial charge >= 0.3 is 5.97 Å². The highest BCUT2D eigenvalue weighted by molar-refractivity contribution is 5.94. The van der Waals surface area contributed by atoms with Gasteiger partial charge in [-0.3, -0.25) is 4.79 Å². The minimum atomic E-state index is -0.971. The van der Waals surface area contributed by atoms with Gasteiger partial charge in [-0.05, 0) is 55.8 Å². The number of carbonyl (C=O) groups is 2. The highest BCUT2D eigenvalue weighted by atomic mass is 16.4. The number of hydrogen-bond acceptors (Lipinski definition) is 2. The molecular weight excluding hydrogens is 292 g/mol. The van der Waals surface area contributed by atoms with Crippen LogP contribution in [0.25, 0.3) is 11.8 Å². The van der Waals surface area contributed by atoms with Crippen LogP contribution in [0.3, 0.4) is 0 Å². The summed E-state index contributed by atoms with van der Waals surface area (Å²) in [6.45, 7) is 3.90. The summed E-state index contributed by atoms with van der Waals surface area (Å²) in [7, 11) is 3.44. The molecule has 0 aliphatic carbocycles. The molecule has 1 aromatic carbocycles. The van der Waals surface area contributed by atoms with Crippen LogP contribution in [0.5, 0.6) is 0 Å². The van der Waals surface area contributed by atoms with Gasteiger partial charge in [0.05, 0.1) is 0 Å². The lowest BCUT2D eigenvalue weighted by molar-refractivity contribution is -0.131. The van der Waals surface area contributed by atoms with E-state index >= 15 is 0 Å². The van der Waals surface area contributed by atoms with Gasteiger partial charge in [0, 0.05) is 42.8 Å². The molecule has 1 N–H and O–H groups in total. The maximum Gasteiger partial charge on any atom is 0.328 e. The number of aromatic nitrogens is 1. The Bertz CT molecular complexity index is 768. The molecule has 2 aromatic rings. The molecule has 0 bridgehead atoms. The topological polar surface area (TPSA) is 62.5 Å². The Balaban J connectivity index is 2.39. The van der Waals surface area contributed by atoms with Crippen molar-refractivity contribution < 1.29 is 14.7 Å². The minimum absolute atomic E-state index is 0.0393. The van der Waals surface area contributed by atoms with Crippen molar-refractivity contribution >= 4 is 18.0 Å². The third-order valence-corrected chi connectivity index (χ3v) is 3.65. The van der Waals surface area contributed by atoms with E-state index in [1.165, 1.54) is 4.90 Å². The summed E-state index contributed by atoms with van der Waals surface area (Å²) in [5, 5.41) is 8.76. The van der Waals surface area contributed by atoms with Gasteiger partial charge in [0.25, 0.3) is 5.91 Å². The van der Waals surface area contributed by atoms with Crippen molar-refractivity contribution in [1.82, 2.24) is 9.47 Å². The molecule has 0 saturated carbocycles. The second-order valence-electron chi connectivity index (χ2n) is 5.58. The zero-order valence-electron chi connectivity index (χ0n) is 13.7. The molecule has 0 aliphatic rings. The predicted octanol–water partition coefficient (Wildman–Crippen LogP) is 2.89. The Hall–Kier alpha value is -2.82. The summed E-state index contributed by atoms with van der Waals surface area (Å²) in [5.41, 5.74) is 4.38. The van der Waals surface area contributed by atoms with E-state index in [9.17, 15) is 9.59 Å². The first-order valence-electron chi connectivity index (χ1n) is 7.23. The molecule has 0 atom stereocenters. The van der Waals surface area contributed by atoms with Gasteiger partial charge in [-0.15, -0.1) is 0 Å². The Labute approximate surface area is 135 Å². The van der Waals surface area contributed by atoms with E-state index in [4.69, 9.17) is 5.11 Å². The average Bonchev–Trinajstić information content (AvgIpc) is 2.79. The maximum atomic E-state index is 11.9. The van der Waals surface area contributed by atoms with E-state index in [0.29, 0.717) is 5.56 Å². The first-order chi connectivity index (χ1) is 10.8. The van der Waals surface area contributed by atoms with Crippen LogP contribution < -0.4 is 0 Å². The lowest BCUT2D eigenvalue weighted by atomic mass is 10.2. The molecule has 5 nitrogen and oxygen atoms in total. The van der Waals surface area contributed by atoms with Crippen molar-refractivity contribution in [1.29, 1.82) is 0 Å². The van der Waals surface area contributed by atoms with Crippen molar-refractivity contribution in [3.05, 3.63) is 58.9 Å². The molecule has 5 heteroatoms. The molecule has 0 unspecified atom stereocenters. The average molecular weight is 312 g/mol. The molecule has 23 heavy (non-hydrogen) atoms. The number of benzene rings is 1. The van der Waals surface area contributed by atoms with Crippen molar-refractivity contribution in [2.24, 2.45) is 0 Å². The molecule has 0 fully saturated rings. The van der Waals surface area contributed by atoms with Crippen LogP contribution in [0.1, 0.15) is 27.3 Å². The van der Waals surface area contributed by atoms with E-state index in [1.807, 2.05) is 36.6 Å². The van der Waals surface area contributed by atoms with Crippen LogP contribution in [0.4, 0.5) is 0 Å². The number of hydrogen-bond donors (Lipinski definition) is 1. The van der Waals surface area contributed by atoms with E-state index < -0.39 is 5.97 Å². The maximum absolute atomic E-state index is 11.9. The largest absolute Gasteiger partial charge is 0.478 e. The molecule has 0 radical (unpaired) electrons. The zero-order valence-corrected chi connectivity index (χ0v) is 13.7. The molecule has 1 heterocycles. The quantitative estimate of drug-likeness (QED) is 0.883. The number of carboxylic acid groups (broad SMARTS) is 1. The fraction of sp³-hybridized carbons (Fsp3) is 0.222. The monoisotopic (exact) mass is 312 g/mol. The third kappa shape index (κ3) is 3.51. The van der Waals surface area contributed by atoms with Crippen LogP contribution in [0.2, 0.25) is 0 Å². The second-order valence-corrected chi connectivity index (χ2v) is 5.58. The molecule has 2 rings (SSSR count). The zero-order chi connectivity index (χ0) is 17.1. The molecule has 0 saturated heterocycles. The number of carboxylic acids is 1. The minimum Gasteiger partial charge on any atom is -0.478 e. The Kier molecular flexibility index (Phi) is 4.69. The molecule has 0 spiro atoms. The summed E-state index contributed by atoms with van der Waals surface area (Å²) in [6.07, 6.45) is 2.72. The number of nitrogens with zero attached hydrogens (tertiary/aromatic N) is 2. The fourth-order valence-corrected chi connectivity index (χ4v) is 2.53. The van der Waals surface area contributed by atoms with Crippen LogP contribution in [-0.4, -0.2) is 40.5 Å². The molecule has 0 aliphatic heterocycles. The Morgan fingerprint density at radius 1 is 1.13 bits per heavy atom. The molecular formula is C18H20N2O3. The molecule has 120 valence electrons. The summed E-state index contributed by atoms with van der Waals surface area (Å²) in [6, 6.07) is 9.31. The lowest BCUT2D eigenvalue weighted by Gasteiger charge is -2.13. The summed E-state index contributed by atoms with van der Waals surface area (Å²) < 4.78 is 2.03. The van der Waals surface area contributed by atoms with Crippen molar-refractivity contribution in [3.8, 4) is 5.69 Å². The van der Waals surface area contributed by atoms with Crippen LogP contribution >= 0.6 is 0 Å². The number of aryl methyl sites for hydroxylation is 1. The predicted molar refractivity (Wildman–Crippen MR) is 89.9 cm³/mol. The Morgan fingerprint density at radius 3 is 2.26 bits per heavy atom. The number of aliphatic carboxylic acids is 1. The van der Waals surface area contributed by atoms with Gasteiger partial charge < -0.3 is 14.6 Å². The lowest BCUT2D eigenvalue weighted by Crippen LogP contribution is -2.21. The van der Waals surface area contributed by atoms with Gasteiger partial charge in [-0.25, -0.2) is 4.79 Å². The molecule has 1 aromatic heterocycles. The standard InChI is InChI=1S/C18H20N2O3/c1-12-11-15(7-10-17(21)22)13(2)20(12)16-8-5-14(6-9-16)18(23)19(3)4/h5-11H,1-4H3,(H,21,22). The van der Waals surface area contributed by atoms with Crippen LogP contribution in [0.15, 0.2) is 36.4 Å².